The minimum Gasteiger partial charge on any atom is -0.453 e. The zero-order valence-electron chi connectivity index (χ0n) is 14.9. The van der Waals surface area contributed by atoms with Gasteiger partial charge in [0.05, 0.1) is 11.0 Å². The van der Waals surface area contributed by atoms with Crippen molar-refractivity contribution in [3.05, 3.63) is 53.7 Å². The lowest BCUT2D eigenvalue weighted by molar-refractivity contribution is 0.0633. The Morgan fingerprint density at radius 3 is 3.08 bits per heavy atom. The number of carbonyl (C=O) groups excluding carboxylic acids is 1. The summed E-state index contributed by atoms with van der Waals surface area (Å²) in [4.78, 5) is 22.7. The number of methoxy groups -OCH3 is 1. The van der Waals surface area contributed by atoms with E-state index in [1.54, 1.807) is 19.2 Å². The van der Waals surface area contributed by atoms with Crippen LogP contribution in [0.1, 0.15) is 35.0 Å². The van der Waals surface area contributed by atoms with Crippen LogP contribution in [0.5, 0.6) is 0 Å². The van der Waals surface area contributed by atoms with E-state index in [2.05, 4.69) is 9.97 Å². The Kier molecular flexibility index (Phi) is 4.75. The van der Waals surface area contributed by atoms with Crippen molar-refractivity contribution < 1.29 is 13.9 Å². The van der Waals surface area contributed by atoms with Gasteiger partial charge in [-0.25, -0.2) is 4.98 Å². The molecular formula is C20H23N3O3. The number of nitrogens with zero attached hydrogens (tertiary/aromatic N) is 2. The number of ether oxygens (including phenoxy) is 1. The van der Waals surface area contributed by atoms with E-state index in [1.807, 2.05) is 29.2 Å². The lowest BCUT2D eigenvalue weighted by Gasteiger charge is -2.31. The first kappa shape index (κ1) is 16.8. The highest BCUT2D eigenvalue weighted by molar-refractivity contribution is 5.91. The number of amides is 1. The molecule has 0 spiro atoms. The van der Waals surface area contributed by atoms with E-state index in [0.717, 1.165) is 49.2 Å². The summed E-state index contributed by atoms with van der Waals surface area (Å²) in [6.45, 7) is 1.88. The van der Waals surface area contributed by atoms with Crippen LogP contribution in [-0.2, 0) is 17.8 Å². The third kappa shape index (κ3) is 3.51. The molecule has 6 heteroatoms. The molecule has 1 aromatic carbocycles. The van der Waals surface area contributed by atoms with Gasteiger partial charge >= 0.3 is 0 Å². The van der Waals surface area contributed by atoms with E-state index >= 15 is 0 Å². The Balaban J connectivity index is 1.42. The van der Waals surface area contributed by atoms with Crippen LogP contribution >= 0.6 is 0 Å². The maximum atomic E-state index is 12.7. The normalized spacial score (nSPS) is 17.7. The van der Waals surface area contributed by atoms with Crippen LogP contribution in [0.25, 0.3) is 11.0 Å². The number of furan rings is 1. The van der Waals surface area contributed by atoms with Crippen molar-refractivity contribution >= 4 is 16.9 Å². The second kappa shape index (κ2) is 7.33. The molecule has 3 aromatic rings. The molecule has 4 rings (SSSR count). The smallest absolute Gasteiger partial charge is 0.289 e. The first-order valence-corrected chi connectivity index (χ1v) is 9.03. The van der Waals surface area contributed by atoms with Gasteiger partial charge in [-0.15, -0.1) is 0 Å². The molecule has 136 valence electrons. The fourth-order valence-corrected chi connectivity index (χ4v) is 3.66. The quantitative estimate of drug-likeness (QED) is 0.763. The molecule has 0 saturated carbocycles. The fraction of sp³-hybridized carbons (Fsp3) is 0.400. The first-order chi connectivity index (χ1) is 12.7. The van der Waals surface area contributed by atoms with Crippen LogP contribution in [0.4, 0.5) is 0 Å². The number of carbonyl (C=O) groups is 1. The number of para-hydroxylation sites is 2. The van der Waals surface area contributed by atoms with Crippen LogP contribution in [0.2, 0.25) is 0 Å². The summed E-state index contributed by atoms with van der Waals surface area (Å²) in [6, 6.07) is 11.6. The molecule has 0 unspecified atom stereocenters. The fourth-order valence-electron chi connectivity index (χ4n) is 3.66. The Morgan fingerprint density at radius 2 is 2.23 bits per heavy atom. The Labute approximate surface area is 152 Å². The van der Waals surface area contributed by atoms with E-state index in [1.165, 1.54) is 0 Å². The maximum absolute atomic E-state index is 12.7. The topological polar surface area (TPSA) is 71.4 Å². The largest absolute Gasteiger partial charge is 0.453 e. The molecule has 1 aliphatic heterocycles. The molecule has 2 aromatic heterocycles. The molecule has 1 saturated heterocycles. The van der Waals surface area contributed by atoms with Crippen LogP contribution in [0.15, 0.2) is 40.8 Å². The van der Waals surface area contributed by atoms with Crippen LogP contribution in [0, 0.1) is 5.92 Å². The summed E-state index contributed by atoms with van der Waals surface area (Å²) in [6.07, 6.45) is 2.96. The summed E-state index contributed by atoms with van der Waals surface area (Å²) in [5.74, 6) is 2.42. The van der Waals surface area contributed by atoms with Gasteiger partial charge in [0.1, 0.15) is 18.2 Å². The number of hydrogen-bond donors (Lipinski definition) is 1. The summed E-state index contributed by atoms with van der Waals surface area (Å²) >= 11 is 0. The highest BCUT2D eigenvalue weighted by Crippen LogP contribution is 2.23. The number of imidazole rings is 1. The molecule has 3 heterocycles. The van der Waals surface area contributed by atoms with Gasteiger partial charge in [0.25, 0.3) is 5.91 Å². The maximum Gasteiger partial charge on any atom is 0.289 e. The van der Waals surface area contributed by atoms with Gasteiger partial charge in [-0.2, -0.15) is 0 Å². The molecule has 0 bridgehead atoms. The number of piperidine rings is 1. The van der Waals surface area contributed by atoms with Gasteiger partial charge in [0.2, 0.25) is 0 Å². The molecule has 6 nitrogen and oxygen atoms in total. The summed E-state index contributed by atoms with van der Waals surface area (Å²) in [7, 11) is 1.61. The lowest BCUT2D eigenvalue weighted by Crippen LogP contribution is -2.40. The second-order valence-corrected chi connectivity index (χ2v) is 6.86. The molecule has 0 radical (unpaired) electrons. The first-order valence-electron chi connectivity index (χ1n) is 9.03. The van der Waals surface area contributed by atoms with Crippen molar-refractivity contribution in [1.29, 1.82) is 0 Å². The van der Waals surface area contributed by atoms with Crippen molar-refractivity contribution in [3.63, 3.8) is 0 Å². The van der Waals surface area contributed by atoms with E-state index in [9.17, 15) is 4.79 Å². The number of fused-ring (bicyclic) bond motifs is 1. The molecule has 26 heavy (non-hydrogen) atoms. The zero-order chi connectivity index (χ0) is 17.9. The third-order valence-electron chi connectivity index (χ3n) is 4.89. The third-order valence-corrected chi connectivity index (χ3v) is 4.89. The molecule has 1 amide bonds. The van der Waals surface area contributed by atoms with Crippen molar-refractivity contribution in [2.75, 3.05) is 20.2 Å². The lowest BCUT2D eigenvalue weighted by atomic mass is 9.94. The summed E-state index contributed by atoms with van der Waals surface area (Å²) in [5, 5.41) is 0. The number of hydrogen-bond acceptors (Lipinski definition) is 4. The van der Waals surface area contributed by atoms with Gasteiger partial charge < -0.3 is 19.0 Å². The average Bonchev–Trinajstić information content (AvgIpc) is 3.28. The molecule has 1 aliphatic rings. The van der Waals surface area contributed by atoms with Crippen LogP contribution in [-0.4, -0.2) is 41.0 Å². The van der Waals surface area contributed by atoms with Crippen LogP contribution in [0.3, 0.4) is 0 Å². The molecule has 1 N–H and O–H groups in total. The molecule has 1 atom stereocenters. The minimum absolute atomic E-state index is 0.0401. The van der Waals surface area contributed by atoms with Crippen molar-refractivity contribution in [3.8, 4) is 0 Å². The van der Waals surface area contributed by atoms with Crippen molar-refractivity contribution in [2.24, 2.45) is 5.92 Å². The Hall–Kier alpha value is -2.60. The number of aromatic nitrogens is 2. The van der Waals surface area contributed by atoms with Gasteiger partial charge in [-0.1, -0.05) is 12.1 Å². The van der Waals surface area contributed by atoms with Gasteiger partial charge in [0.15, 0.2) is 5.76 Å². The zero-order valence-corrected chi connectivity index (χ0v) is 14.9. The predicted molar refractivity (Wildman–Crippen MR) is 97.8 cm³/mol. The molecule has 0 aliphatic carbocycles. The van der Waals surface area contributed by atoms with Crippen molar-refractivity contribution in [2.45, 2.75) is 25.9 Å². The van der Waals surface area contributed by atoms with E-state index < -0.39 is 0 Å². The van der Waals surface area contributed by atoms with E-state index in [4.69, 9.17) is 9.15 Å². The summed E-state index contributed by atoms with van der Waals surface area (Å²) in [5.41, 5.74) is 2.06. The number of aromatic amines is 1. The van der Waals surface area contributed by atoms with Gasteiger partial charge in [-0.3, -0.25) is 4.79 Å². The number of benzene rings is 1. The number of likely N-dealkylation sites (tertiary alicyclic amines) is 1. The Bertz CT molecular complexity index is 865. The van der Waals surface area contributed by atoms with Crippen LogP contribution < -0.4 is 0 Å². The van der Waals surface area contributed by atoms with Crippen molar-refractivity contribution in [1.82, 2.24) is 14.9 Å². The standard InChI is InChI=1S/C20H23N3O3/c1-25-13-15-8-9-18(26-15)20(24)23-10-4-5-14(12-23)11-19-21-16-6-2-3-7-17(16)22-19/h2-3,6-9,14H,4-5,10-13H2,1H3,(H,21,22)/t14-/m1/s1. The minimum atomic E-state index is -0.0401. The number of rotatable bonds is 5. The predicted octanol–water partition coefficient (Wildman–Crippen LogP) is 3.40. The Morgan fingerprint density at radius 1 is 1.35 bits per heavy atom. The number of H-pyrrole nitrogens is 1. The summed E-state index contributed by atoms with van der Waals surface area (Å²) < 4.78 is 10.6. The van der Waals surface area contributed by atoms with Gasteiger partial charge in [-0.05, 0) is 43.0 Å². The SMILES string of the molecule is COCc1ccc(C(=O)N2CCC[C@H](Cc3nc4ccccc4[nH]3)C2)o1. The highest BCUT2D eigenvalue weighted by Gasteiger charge is 2.27. The van der Waals surface area contributed by atoms with E-state index in [0.29, 0.717) is 24.0 Å². The van der Waals surface area contributed by atoms with E-state index in [-0.39, 0.29) is 5.91 Å². The second-order valence-electron chi connectivity index (χ2n) is 6.86. The average molecular weight is 353 g/mol. The monoisotopic (exact) mass is 353 g/mol. The highest BCUT2D eigenvalue weighted by atomic mass is 16.5. The molecule has 1 fully saturated rings. The molecular weight excluding hydrogens is 330 g/mol. The number of nitrogens with one attached hydrogen (secondary N) is 1. The van der Waals surface area contributed by atoms with Gasteiger partial charge in [0, 0.05) is 26.6 Å².